The molecule has 0 aliphatic heterocycles. The van der Waals surface area contributed by atoms with Crippen molar-refractivity contribution in [3.05, 3.63) is 58.9 Å². The third-order valence-electron chi connectivity index (χ3n) is 4.33. The third kappa shape index (κ3) is 4.80. The zero-order chi connectivity index (χ0) is 19.4. The van der Waals surface area contributed by atoms with Crippen molar-refractivity contribution in [1.29, 1.82) is 0 Å². The normalized spacial score (nSPS) is 11.1. The van der Waals surface area contributed by atoms with Crippen molar-refractivity contribution in [2.75, 3.05) is 11.9 Å². The van der Waals surface area contributed by atoms with E-state index < -0.39 is 0 Å². The van der Waals surface area contributed by atoms with Crippen molar-refractivity contribution >= 4 is 34.4 Å². The maximum absolute atomic E-state index is 12.2. The quantitative estimate of drug-likeness (QED) is 0.627. The van der Waals surface area contributed by atoms with Gasteiger partial charge in [-0.3, -0.25) is 0 Å². The number of carbonyl (C=O) groups excluding carboxylic acids is 1. The van der Waals surface area contributed by atoms with Crippen molar-refractivity contribution < 1.29 is 4.79 Å². The van der Waals surface area contributed by atoms with Gasteiger partial charge >= 0.3 is 6.03 Å². The highest BCUT2D eigenvalue weighted by atomic mass is 35.5. The maximum Gasteiger partial charge on any atom is 0.319 e. The monoisotopic (exact) mass is 384 g/mol. The lowest BCUT2D eigenvalue weighted by molar-refractivity contribution is 0.252. The highest BCUT2D eigenvalue weighted by Crippen LogP contribution is 2.23. The van der Waals surface area contributed by atoms with Crippen molar-refractivity contribution in [2.24, 2.45) is 5.92 Å². The zero-order valence-electron chi connectivity index (χ0n) is 15.9. The molecule has 3 aromatic rings. The second-order valence-electron chi connectivity index (χ2n) is 7.19. The molecule has 142 valence electrons. The number of pyridine rings is 1. The molecule has 5 nitrogen and oxygen atoms in total. The minimum atomic E-state index is -0.259. The molecule has 0 aliphatic carbocycles. The SMILES string of the molecule is Cc1ccc(NC(=O)NCCc2cn(CC(C)C)c3ncccc23)c(Cl)c1. The Labute approximate surface area is 164 Å². The molecule has 0 aliphatic rings. The first kappa shape index (κ1) is 19.2. The van der Waals surface area contributed by atoms with Crippen LogP contribution in [0.2, 0.25) is 5.02 Å². The third-order valence-corrected chi connectivity index (χ3v) is 4.64. The van der Waals surface area contributed by atoms with E-state index in [2.05, 4.69) is 46.3 Å². The Morgan fingerprint density at radius 1 is 1.30 bits per heavy atom. The summed E-state index contributed by atoms with van der Waals surface area (Å²) in [6, 6.07) is 9.32. The molecule has 0 radical (unpaired) electrons. The number of halogens is 1. The van der Waals surface area contributed by atoms with Crippen LogP contribution in [0.5, 0.6) is 0 Å². The van der Waals surface area contributed by atoms with Gasteiger partial charge in [-0.2, -0.15) is 0 Å². The molecule has 2 amide bonds. The van der Waals surface area contributed by atoms with Gasteiger partial charge in [-0.1, -0.05) is 31.5 Å². The van der Waals surface area contributed by atoms with Crippen LogP contribution < -0.4 is 10.6 Å². The summed E-state index contributed by atoms with van der Waals surface area (Å²) in [5.41, 5.74) is 3.85. The van der Waals surface area contributed by atoms with E-state index in [-0.39, 0.29) is 6.03 Å². The fourth-order valence-electron chi connectivity index (χ4n) is 3.13. The number of benzene rings is 1. The number of nitrogens with zero attached hydrogens (tertiary/aromatic N) is 2. The Balaban J connectivity index is 1.62. The standard InChI is InChI=1S/C21H25ClN4O/c1-14(2)12-26-13-16(17-5-4-9-23-20(17)26)8-10-24-21(27)25-19-7-6-15(3)11-18(19)22/h4-7,9,11,13-14H,8,10,12H2,1-3H3,(H2,24,25,27). The zero-order valence-corrected chi connectivity index (χ0v) is 16.7. The molecular weight excluding hydrogens is 360 g/mol. The fourth-order valence-corrected chi connectivity index (χ4v) is 3.41. The van der Waals surface area contributed by atoms with Crippen LogP contribution in [0.1, 0.15) is 25.0 Å². The second-order valence-corrected chi connectivity index (χ2v) is 7.60. The number of fused-ring (bicyclic) bond motifs is 1. The summed E-state index contributed by atoms with van der Waals surface area (Å²) in [5.74, 6) is 0.540. The highest BCUT2D eigenvalue weighted by molar-refractivity contribution is 6.33. The van der Waals surface area contributed by atoms with Crippen molar-refractivity contribution in [3.63, 3.8) is 0 Å². The number of aromatic nitrogens is 2. The predicted octanol–water partition coefficient (Wildman–Crippen LogP) is 5.02. The van der Waals surface area contributed by atoms with Gasteiger partial charge in [-0.15, -0.1) is 0 Å². The van der Waals surface area contributed by atoms with Gasteiger partial charge in [0.1, 0.15) is 5.65 Å². The van der Waals surface area contributed by atoms with Gasteiger partial charge in [0, 0.05) is 30.9 Å². The summed E-state index contributed by atoms with van der Waals surface area (Å²) >= 11 is 6.16. The summed E-state index contributed by atoms with van der Waals surface area (Å²) in [4.78, 5) is 16.7. The van der Waals surface area contributed by atoms with E-state index in [1.165, 1.54) is 5.56 Å². The Kier molecular flexibility index (Phi) is 6.01. The topological polar surface area (TPSA) is 59.0 Å². The lowest BCUT2D eigenvalue weighted by Gasteiger charge is -2.09. The molecule has 0 atom stereocenters. The first-order valence-electron chi connectivity index (χ1n) is 9.18. The van der Waals surface area contributed by atoms with E-state index in [9.17, 15) is 4.79 Å². The van der Waals surface area contributed by atoms with Crippen LogP contribution in [0.3, 0.4) is 0 Å². The van der Waals surface area contributed by atoms with Gasteiger partial charge in [-0.05, 0) is 54.7 Å². The van der Waals surface area contributed by atoms with E-state index in [0.717, 1.165) is 29.6 Å². The van der Waals surface area contributed by atoms with Gasteiger partial charge in [0.2, 0.25) is 0 Å². The van der Waals surface area contributed by atoms with Crippen LogP contribution in [-0.2, 0) is 13.0 Å². The Bertz CT molecular complexity index is 949. The van der Waals surface area contributed by atoms with Crippen LogP contribution >= 0.6 is 11.6 Å². The van der Waals surface area contributed by atoms with E-state index in [4.69, 9.17) is 11.6 Å². The van der Waals surface area contributed by atoms with Gasteiger partial charge in [0.05, 0.1) is 10.7 Å². The van der Waals surface area contributed by atoms with Gasteiger partial charge in [0.15, 0.2) is 0 Å². The first-order valence-corrected chi connectivity index (χ1v) is 9.55. The lowest BCUT2D eigenvalue weighted by atomic mass is 10.1. The van der Waals surface area contributed by atoms with Crippen LogP contribution in [0, 0.1) is 12.8 Å². The molecule has 1 aromatic carbocycles. The molecule has 0 fully saturated rings. The second kappa shape index (κ2) is 8.44. The molecule has 0 spiro atoms. The van der Waals surface area contributed by atoms with Crippen molar-refractivity contribution in [1.82, 2.24) is 14.9 Å². The molecule has 3 rings (SSSR count). The van der Waals surface area contributed by atoms with E-state index in [1.807, 2.05) is 37.4 Å². The number of amides is 2. The average Bonchev–Trinajstić information content (AvgIpc) is 2.95. The number of rotatable bonds is 6. The number of hydrogen-bond acceptors (Lipinski definition) is 2. The van der Waals surface area contributed by atoms with E-state index in [0.29, 0.717) is 23.2 Å². The molecule has 6 heteroatoms. The average molecular weight is 385 g/mol. The van der Waals surface area contributed by atoms with Crippen LogP contribution in [-0.4, -0.2) is 22.1 Å². The minimum absolute atomic E-state index is 0.259. The maximum atomic E-state index is 12.2. The first-order chi connectivity index (χ1) is 12.9. The number of nitrogens with one attached hydrogen (secondary N) is 2. The largest absolute Gasteiger partial charge is 0.338 e. The minimum Gasteiger partial charge on any atom is -0.338 e. The Morgan fingerprint density at radius 2 is 2.11 bits per heavy atom. The Morgan fingerprint density at radius 3 is 2.85 bits per heavy atom. The Hall–Kier alpha value is -2.53. The molecule has 0 saturated carbocycles. The molecular formula is C21H25ClN4O. The smallest absolute Gasteiger partial charge is 0.319 e. The number of anilines is 1. The summed E-state index contributed by atoms with van der Waals surface area (Å²) in [7, 11) is 0. The summed E-state index contributed by atoms with van der Waals surface area (Å²) in [5, 5.41) is 7.37. The number of carbonyl (C=O) groups is 1. The molecule has 0 bridgehead atoms. The molecule has 27 heavy (non-hydrogen) atoms. The van der Waals surface area contributed by atoms with Gasteiger partial charge in [-0.25, -0.2) is 9.78 Å². The molecule has 2 aromatic heterocycles. The summed E-state index contributed by atoms with van der Waals surface area (Å²) in [6.45, 7) is 7.80. The van der Waals surface area contributed by atoms with Gasteiger partial charge in [0.25, 0.3) is 0 Å². The summed E-state index contributed by atoms with van der Waals surface area (Å²) < 4.78 is 2.20. The van der Waals surface area contributed by atoms with Crippen molar-refractivity contribution in [3.8, 4) is 0 Å². The van der Waals surface area contributed by atoms with Crippen LogP contribution in [0.4, 0.5) is 10.5 Å². The number of aryl methyl sites for hydroxylation is 1. The molecule has 0 unspecified atom stereocenters. The fraction of sp³-hybridized carbons (Fsp3) is 0.333. The predicted molar refractivity (Wildman–Crippen MR) is 111 cm³/mol. The van der Waals surface area contributed by atoms with Gasteiger partial charge < -0.3 is 15.2 Å². The number of urea groups is 1. The lowest BCUT2D eigenvalue weighted by Crippen LogP contribution is -2.30. The summed E-state index contributed by atoms with van der Waals surface area (Å²) in [6.07, 6.45) is 4.70. The van der Waals surface area contributed by atoms with Crippen molar-refractivity contribution in [2.45, 2.75) is 33.7 Å². The molecule has 0 saturated heterocycles. The van der Waals surface area contributed by atoms with Crippen LogP contribution in [0.15, 0.2) is 42.7 Å². The number of hydrogen-bond donors (Lipinski definition) is 2. The molecule has 2 N–H and O–H groups in total. The van der Waals surface area contributed by atoms with E-state index in [1.54, 1.807) is 0 Å². The van der Waals surface area contributed by atoms with E-state index >= 15 is 0 Å². The molecule has 2 heterocycles. The van der Waals surface area contributed by atoms with Crippen LogP contribution in [0.25, 0.3) is 11.0 Å². The highest BCUT2D eigenvalue weighted by Gasteiger charge is 2.11.